The van der Waals surface area contributed by atoms with Crippen LogP contribution in [0.5, 0.6) is 5.75 Å². The predicted molar refractivity (Wildman–Crippen MR) is 72.8 cm³/mol. The lowest BCUT2D eigenvalue weighted by molar-refractivity contribution is 0.0518. The molecule has 4 heteroatoms. The van der Waals surface area contributed by atoms with E-state index >= 15 is 0 Å². The van der Waals surface area contributed by atoms with E-state index in [4.69, 9.17) is 4.74 Å². The van der Waals surface area contributed by atoms with Crippen molar-refractivity contribution in [2.75, 3.05) is 13.2 Å². The number of aliphatic hydroxyl groups excluding tert-OH is 1. The Balaban J connectivity index is 2.01. The van der Waals surface area contributed by atoms with Crippen LogP contribution in [0.4, 0.5) is 4.39 Å². The molecule has 1 fully saturated rings. The van der Waals surface area contributed by atoms with Crippen LogP contribution in [0.2, 0.25) is 0 Å². The molecule has 1 aromatic carbocycles. The summed E-state index contributed by atoms with van der Waals surface area (Å²) >= 11 is 0. The van der Waals surface area contributed by atoms with Gasteiger partial charge < -0.3 is 15.2 Å². The molecule has 1 aromatic rings. The highest BCUT2D eigenvalue weighted by atomic mass is 19.1. The lowest BCUT2D eigenvalue weighted by Gasteiger charge is -2.40. The van der Waals surface area contributed by atoms with E-state index in [-0.39, 0.29) is 24.1 Å². The molecule has 1 aliphatic rings. The topological polar surface area (TPSA) is 41.5 Å². The molecular weight excluding hydrogens is 245 g/mol. The largest absolute Gasteiger partial charge is 0.490 e. The normalized spacial score (nSPS) is 27.2. The lowest BCUT2D eigenvalue weighted by Crippen LogP contribution is -2.53. The number of nitrogens with one attached hydrogen (secondary N) is 1. The van der Waals surface area contributed by atoms with Crippen molar-refractivity contribution in [2.24, 2.45) is 0 Å². The van der Waals surface area contributed by atoms with Crippen LogP contribution in [0.3, 0.4) is 0 Å². The van der Waals surface area contributed by atoms with E-state index in [2.05, 4.69) is 5.32 Å². The summed E-state index contributed by atoms with van der Waals surface area (Å²) in [5.41, 5.74) is -0.245. The Bertz CT molecular complexity index is 409. The molecule has 2 atom stereocenters. The van der Waals surface area contributed by atoms with Crippen LogP contribution in [0.25, 0.3) is 0 Å². The summed E-state index contributed by atoms with van der Waals surface area (Å²) in [7, 11) is 0. The number of likely N-dealkylation sites (N-methyl/N-ethyl adjacent to an activating group) is 1. The van der Waals surface area contributed by atoms with Gasteiger partial charge in [-0.3, -0.25) is 0 Å². The molecule has 0 radical (unpaired) electrons. The Kier molecular flexibility index (Phi) is 4.77. The predicted octanol–water partition coefficient (Wildman–Crippen LogP) is 2.49. The monoisotopic (exact) mass is 267 g/mol. The summed E-state index contributed by atoms with van der Waals surface area (Å²) in [6, 6.07) is 6.23. The Labute approximate surface area is 113 Å². The molecule has 0 bridgehead atoms. The maximum absolute atomic E-state index is 13.1. The van der Waals surface area contributed by atoms with E-state index in [1.165, 1.54) is 12.1 Å². The summed E-state index contributed by atoms with van der Waals surface area (Å²) in [6.07, 6.45) is 3.70. The maximum Gasteiger partial charge on any atom is 0.126 e. The molecule has 1 aliphatic carbocycles. The van der Waals surface area contributed by atoms with Crippen LogP contribution < -0.4 is 10.1 Å². The highest BCUT2D eigenvalue weighted by molar-refractivity contribution is 5.22. The van der Waals surface area contributed by atoms with Crippen LogP contribution in [0.15, 0.2) is 24.3 Å². The fourth-order valence-electron chi connectivity index (χ4n) is 2.88. The van der Waals surface area contributed by atoms with E-state index in [0.717, 1.165) is 32.2 Å². The van der Waals surface area contributed by atoms with E-state index in [1.54, 1.807) is 12.1 Å². The quantitative estimate of drug-likeness (QED) is 0.861. The van der Waals surface area contributed by atoms with Crippen molar-refractivity contribution < 1.29 is 14.2 Å². The van der Waals surface area contributed by atoms with Crippen molar-refractivity contribution in [3.05, 3.63) is 30.1 Å². The van der Waals surface area contributed by atoms with Crippen molar-refractivity contribution in [2.45, 2.75) is 44.2 Å². The Hall–Kier alpha value is -1.13. The summed E-state index contributed by atoms with van der Waals surface area (Å²) in [5, 5.41) is 13.0. The van der Waals surface area contributed by atoms with Gasteiger partial charge in [0.25, 0.3) is 0 Å². The number of benzene rings is 1. The molecule has 2 N–H and O–H groups in total. The van der Waals surface area contributed by atoms with Gasteiger partial charge in [-0.15, -0.1) is 0 Å². The van der Waals surface area contributed by atoms with Crippen molar-refractivity contribution in [3.8, 4) is 5.75 Å². The van der Waals surface area contributed by atoms with E-state index in [1.807, 2.05) is 6.92 Å². The fraction of sp³-hybridized carbons (Fsp3) is 0.600. The van der Waals surface area contributed by atoms with Crippen LogP contribution in [0, 0.1) is 5.82 Å². The number of ether oxygens (including phenoxy) is 1. The molecule has 0 amide bonds. The molecule has 19 heavy (non-hydrogen) atoms. The number of aliphatic hydroxyl groups is 1. The average Bonchev–Trinajstić information content (AvgIpc) is 2.39. The molecule has 0 heterocycles. The molecule has 2 unspecified atom stereocenters. The average molecular weight is 267 g/mol. The van der Waals surface area contributed by atoms with Crippen molar-refractivity contribution in [1.82, 2.24) is 5.32 Å². The van der Waals surface area contributed by atoms with Gasteiger partial charge >= 0.3 is 0 Å². The smallest absolute Gasteiger partial charge is 0.126 e. The Morgan fingerprint density at radius 2 is 2.37 bits per heavy atom. The molecule has 0 aromatic heterocycles. The SMILES string of the molecule is CCNC1(CO)CCCC(Oc2cccc(F)c2)C1. The second kappa shape index (κ2) is 6.35. The van der Waals surface area contributed by atoms with Crippen molar-refractivity contribution in [1.29, 1.82) is 0 Å². The minimum absolute atomic E-state index is 0.0294. The van der Waals surface area contributed by atoms with Gasteiger partial charge in [0.2, 0.25) is 0 Å². The third kappa shape index (κ3) is 3.67. The number of hydrogen-bond donors (Lipinski definition) is 2. The van der Waals surface area contributed by atoms with Crippen molar-refractivity contribution in [3.63, 3.8) is 0 Å². The minimum atomic E-state index is -0.284. The van der Waals surface area contributed by atoms with Crippen LogP contribution in [-0.4, -0.2) is 29.9 Å². The van der Waals surface area contributed by atoms with Gasteiger partial charge in [0.1, 0.15) is 17.7 Å². The second-order valence-electron chi connectivity index (χ2n) is 5.26. The number of halogens is 1. The van der Waals surface area contributed by atoms with Crippen LogP contribution >= 0.6 is 0 Å². The first-order valence-corrected chi connectivity index (χ1v) is 6.95. The third-order valence-corrected chi connectivity index (χ3v) is 3.75. The van der Waals surface area contributed by atoms with Gasteiger partial charge in [0, 0.05) is 18.0 Å². The summed E-state index contributed by atoms with van der Waals surface area (Å²) in [5.74, 6) is 0.281. The van der Waals surface area contributed by atoms with Crippen LogP contribution in [-0.2, 0) is 0 Å². The first-order valence-electron chi connectivity index (χ1n) is 6.95. The molecule has 1 saturated carbocycles. The first-order chi connectivity index (χ1) is 9.17. The highest BCUT2D eigenvalue weighted by Gasteiger charge is 2.36. The maximum atomic E-state index is 13.1. The zero-order valence-electron chi connectivity index (χ0n) is 11.4. The van der Waals surface area contributed by atoms with E-state index in [0.29, 0.717) is 5.75 Å². The lowest BCUT2D eigenvalue weighted by atomic mass is 9.80. The van der Waals surface area contributed by atoms with Gasteiger partial charge in [-0.1, -0.05) is 13.0 Å². The third-order valence-electron chi connectivity index (χ3n) is 3.75. The molecule has 3 nitrogen and oxygen atoms in total. The van der Waals surface area contributed by atoms with Gasteiger partial charge in [-0.25, -0.2) is 4.39 Å². The molecule has 106 valence electrons. The molecule has 0 spiro atoms. The highest BCUT2D eigenvalue weighted by Crippen LogP contribution is 2.31. The molecule has 0 saturated heterocycles. The first kappa shape index (κ1) is 14.3. The van der Waals surface area contributed by atoms with Gasteiger partial charge in [-0.05, 0) is 37.9 Å². The molecule has 2 rings (SSSR count). The standard InChI is InChI=1S/C15H22FNO2/c1-2-17-15(11-18)8-4-7-14(10-15)19-13-6-3-5-12(16)9-13/h3,5-6,9,14,17-18H,2,4,7-8,10-11H2,1H3. The van der Waals surface area contributed by atoms with Crippen molar-refractivity contribution >= 4 is 0 Å². The number of hydrogen-bond acceptors (Lipinski definition) is 3. The summed E-state index contributed by atoms with van der Waals surface area (Å²) in [6.45, 7) is 2.98. The van der Waals surface area contributed by atoms with E-state index < -0.39 is 0 Å². The van der Waals surface area contributed by atoms with E-state index in [9.17, 15) is 9.50 Å². The minimum Gasteiger partial charge on any atom is -0.490 e. The zero-order chi connectivity index (χ0) is 13.7. The van der Waals surface area contributed by atoms with Gasteiger partial charge in [0.15, 0.2) is 0 Å². The summed E-state index contributed by atoms with van der Waals surface area (Å²) < 4.78 is 19.0. The van der Waals surface area contributed by atoms with Crippen LogP contribution in [0.1, 0.15) is 32.6 Å². The van der Waals surface area contributed by atoms with Gasteiger partial charge in [0.05, 0.1) is 6.61 Å². The van der Waals surface area contributed by atoms with Gasteiger partial charge in [-0.2, -0.15) is 0 Å². The summed E-state index contributed by atoms with van der Waals surface area (Å²) in [4.78, 5) is 0. The number of rotatable bonds is 5. The Morgan fingerprint density at radius 1 is 1.53 bits per heavy atom. The molecular formula is C15H22FNO2. The molecule has 0 aliphatic heterocycles. The second-order valence-corrected chi connectivity index (χ2v) is 5.26. The Morgan fingerprint density at radius 3 is 3.05 bits per heavy atom. The zero-order valence-corrected chi connectivity index (χ0v) is 11.4. The fourth-order valence-corrected chi connectivity index (χ4v) is 2.88.